The number of amides is 2. The molecule has 0 atom stereocenters. The van der Waals surface area contributed by atoms with E-state index in [1.54, 1.807) is 24.3 Å². The Balaban J connectivity index is 1.84. The first kappa shape index (κ1) is 13.1. The van der Waals surface area contributed by atoms with Crippen molar-refractivity contribution in [1.29, 1.82) is 5.26 Å². The molecule has 0 N–H and O–H groups in total. The summed E-state index contributed by atoms with van der Waals surface area (Å²) >= 11 is 0. The van der Waals surface area contributed by atoms with E-state index in [0.717, 1.165) is 4.90 Å². The Bertz CT molecular complexity index is 502. The highest BCUT2D eigenvalue weighted by Gasteiger charge is 2.26. The van der Waals surface area contributed by atoms with Crippen molar-refractivity contribution < 1.29 is 19.1 Å². The van der Waals surface area contributed by atoms with Gasteiger partial charge in [0, 0.05) is 0 Å². The second kappa shape index (κ2) is 5.98. The first-order valence-corrected chi connectivity index (χ1v) is 5.74. The largest absolute Gasteiger partial charge is 0.492 e. The van der Waals surface area contributed by atoms with Gasteiger partial charge in [-0.2, -0.15) is 5.26 Å². The van der Waals surface area contributed by atoms with Crippen molar-refractivity contribution in [3.05, 3.63) is 29.8 Å². The highest BCUT2D eigenvalue weighted by atomic mass is 16.5. The van der Waals surface area contributed by atoms with Crippen LogP contribution >= 0.6 is 0 Å². The zero-order chi connectivity index (χ0) is 13.7. The molecule has 0 radical (unpaired) electrons. The lowest BCUT2D eigenvalue weighted by molar-refractivity contribution is -0.158. The monoisotopic (exact) mass is 260 g/mol. The van der Waals surface area contributed by atoms with Crippen molar-refractivity contribution in [3.8, 4) is 11.8 Å². The second-order valence-corrected chi connectivity index (χ2v) is 3.92. The molecule has 19 heavy (non-hydrogen) atoms. The normalized spacial score (nSPS) is 15.2. The van der Waals surface area contributed by atoms with E-state index in [2.05, 4.69) is 0 Å². The highest BCUT2D eigenvalue weighted by molar-refractivity contribution is 5.98. The van der Waals surface area contributed by atoms with Crippen LogP contribution in [0.2, 0.25) is 0 Å². The van der Waals surface area contributed by atoms with Crippen LogP contribution in [0, 0.1) is 11.3 Å². The molecule has 0 saturated carbocycles. The van der Waals surface area contributed by atoms with E-state index in [-0.39, 0.29) is 38.2 Å². The second-order valence-electron chi connectivity index (χ2n) is 3.92. The number of imide groups is 1. The van der Waals surface area contributed by atoms with Crippen molar-refractivity contribution in [3.63, 3.8) is 0 Å². The molecular weight excluding hydrogens is 248 g/mol. The number of hydrogen-bond acceptors (Lipinski definition) is 5. The molecule has 0 spiro atoms. The lowest BCUT2D eigenvalue weighted by Gasteiger charge is -2.24. The molecule has 1 aromatic rings. The van der Waals surface area contributed by atoms with Gasteiger partial charge in [0.15, 0.2) is 0 Å². The van der Waals surface area contributed by atoms with Crippen molar-refractivity contribution in [2.45, 2.75) is 0 Å². The molecule has 1 aliphatic rings. The van der Waals surface area contributed by atoms with E-state index >= 15 is 0 Å². The number of carbonyl (C=O) groups excluding carboxylic acids is 2. The van der Waals surface area contributed by atoms with Gasteiger partial charge in [-0.05, 0) is 24.3 Å². The standard InChI is InChI=1S/C13H12N2O4/c14-7-10-1-3-11(4-2-10)19-6-5-15-12(16)8-18-9-13(15)17/h1-4H,5-6,8-9H2. The fraction of sp³-hybridized carbons (Fsp3) is 0.308. The average molecular weight is 260 g/mol. The molecule has 2 rings (SSSR count). The van der Waals surface area contributed by atoms with Crippen molar-refractivity contribution in [2.75, 3.05) is 26.4 Å². The third-order valence-electron chi connectivity index (χ3n) is 2.62. The summed E-state index contributed by atoms with van der Waals surface area (Å²) in [6.45, 7) is 0.273. The van der Waals surface area contributed by atoms with Crippen molar-refractivity contribution in [1.82, 2.24) is 4.90 Å². The van der Waals surface area contributed by atoms with E-state index < -0.39 is 0 Å². The smallest absolute Gasteiger partial charge is 0.255 e. The average Bonchev–Trinajstić information content (AvgIpc) is 2.43. The van der Waals surface area contributed by atoms with Gasteiger partial charge in [0.05, 0.1) is 18.2 Å². The minimum atomic E-state index is -0.348. The van der Waals surface area contributed by atoms with Gasteiger partial charge < -0.3 is 9.47 Å². The number of carbonyl (C=O) groups is 2. The fourth-order valence-corrected chi connectivity index (χ4v) is 1.65. The summed E-state index contributed by atoms with van der Waals surface area (Å²) in [5.41, 5.74) is 0.547. The predicted octanol–water partition coefficient (Wildman–Crippen LogP) is 0.322. The van der Waals surface area contributed by atoms with Crippen molar-refractivity contribution >= 4 is 11.8 Å². The molecule has 0 aromatic heterocycles. The zero-order valence-corrected chi connectivity index (χ0v) is 10.2. The Morgan fingerprint density at radius 2 is 1.84 bits per heavy atom. The summed E-state index contributed by atoms with van der Waals surface area (Å²) < 4.78 is 10.2. The molecule has 1 fully saturated rings. The summed E-state index contributed by atoms with van der Waals surface area (Å²) in [5.74, 6) is -0.105. The maximum atomic E-state index is 11.4. The van der Waals surface area contributed by atoms with E-state index in [9.17, 15) is 9.59 Å². The molecule has 6 heteroatoms. The number of hydrogen-bond donors (Lipinski definition) is 0. The van der Waals surface area contributed by atoms with Crippen LogP contribution in [0.1, 0.15) is 5.56 Å². The quantitative estimate of drug-likeness (QED) is 0.728. The van der Waals surface area contributed by atoms with Crippen LogP contribution in [-0.2, 0) is 14.3 Å². The Kier molecular flexibility index (Phi) is 4.11. The van der Waals surface area contributed by atoms with Crippen LogP contribution in [0.25, 0.3) is 0 Å². The predicted molar refractivity (Wildman–Crippen MR) is 64.2 cm³/mol. The summed E-state index contributed by atoms with van der Waals surface area (Å²) in [7, 11) is 0. The van der Waals surface area contributed by atoms with Gasteiger partial charge in [0.25, 0.3) is 11.8 Å². The Hall–Kier alpha value is -2.39. The minimum absolute atomic E-state index is 0.0669. The topological polar surface area (TPSA) is 79.6 Å². The minimum Gasteiger partial charge on any atom is -0.492 e. The zero-order valence-electron chi connectivity index (χ0n) is 10.2. The summed E-state index contributed by atoms with van der Waals surface area (Å²) in [6, 6.07) is 8.62. The van der Waals surface area contributed by atoms with Crippen LogP contribution in [0.5, 0.6) is 5.75 Å². The SMILES string of the molecule is N#Cc1ccc(OCCN2C(=O)COCC2=O)cc1. The van der Waals surface area contributed by atoms with E-state index in [4.69, 9.17) is 14.7 Å². The molecular formula is C13H12N2O4. The lowest BCUT2D eigenvalue weighted by atomic mass is 10.2. The third-order valence-corrected chi connectivity index (χ3v) is 2.62. The number of nitrogens with zero attached hydrogens (tertiary/aromatic N) is 2. The maximum Gasteiger partial charge on any atom is 0.255 e. The summed E-state index contributed by atoms with van der Waals surface area (Å²) in [5, 5.41) is 8.65. The van der Waals surface area contributed by atoms with Crippen LogP contribution < -0.4 is 4.74 Å². The Morgan fingerprint density at radius 1 is 1.21 bits per heavy atom. The summed E-state index contributed by atoms with van der Waals surface area (Å²) in [6.07, 6.45) is 0. The van der Waals surface area contributed by atoms with Gasteiger partial charge in [-0.15, -0.1) is 0 Å². The van der Waals surface area contributed by atoms with Crippen LogP contribution in [0.3, 0.4) is 0 Å². The lowest BCUT2D eigenvalue weighted by Crippen LogP contribution is -2.47. The number of morpholine rings is 1. The highest BCUT2D eigenvalue weighted by Crippen LogP contribution is 2.11. The van der Waals surface area contributed by atoms with E-state index in [1.165, 1.54) is 0 Å². The number of benzene rings is 1. The maximum absolute atomic E-state index is 11.4. The molecule has 1 aromatic carbocycles. The van der Waals surface area contributed by atoms with Crippen LogP contribution in [0.4, 0.5) is 0 Å². The van der Waals surface area contributed by atoms with Gasteiger partial charge in [-0.3, -0.25) is 14.5 Å². The molecule has 0 aliphatic carbocycles. The van der Waals surface area contributed by atoms with E-state index in [1.807, 2.05) is 6.07 Å². The Morgan fingerprint density at radius 3 is 2.42 bits per heavy atom. The molecule has 6 nitrogen and oxygen atoms in total. The summed E-state index contributed by atoms with van der Waals surface area (Å²) in [4.78, 5) is 24.0. The fourth-order valence-electron chi connectivity index (χ4n) is 1.65. The molecule has 98 valence electrons. The van der Waals surface area contributed by atoms with Crippen LogP contribution in [0.15, 0.2) is 24.3 Å². The first-order chi connectivity index (χ1) is 9.20. The molecule has 1 saturated heterocycles. The van der Waals surface area contributed by atoms with Gasteiger partial charge in [-0.25, -0.2) is 0 Å². The number of ether oxygens (including phenoxy) is 2. The van der Waals surface area contributed by atoms with Crippen LogP contribution in [-0.4, -0.2) is 43.1 Å². The van der Waals surface area contributed by atoms with Crippen molar-refractivity contribution in [2.24, 2.45) is 0 Å². The molecule has 1 heterocycles. The third kappa shape index (κ3) is 3.30. The number of rotatable bonds is 4. The molecule has 0 bridgehead atoms. The molecule has 2 amide bonds. The van der Waals surface area contributed by atoms with Gasteiger partial charge in [0.1, 0.15) is 25.6 Å². The van der Waals surface area contributed by atoms with E-state index in [0.29, 0.717) is 11.3 Å². The van der Waals surface area contributed by atoms with Gasteiger partial charge >= 0.3 is 0 Å². The number of nitriles is 1. The van der Waals surface area contributed by atoms with Gasteiger partial charge in [-0.1, -0.05) is 0 Å². The molecule has 1 aliphatic heterocycles. The molecule has 0 unspecified atom stereocenters. The first-order valence-electron chi connectivity index (χ1n) is 5.74. The van der Waals surface area contributed by atoms with Gasteiger partial charge in [0.2, 0.25) is 0 Å². The Labute approximate surface area is 110 Å².